The SMILES string of the molecule is O=C(O)CCCCCNSc1ncccc1[N+](=O)[O-]. The lowest BCUT2D eigenvalue weighted by Gasteiger charge is -2.03. The van der Waals surface area contributed by atoms with E-state index in [1.165, 1.54) is 18.3 Å². The molecular weight excluding hydrogens is 270 g/mol. The van der Waals surface area contributed by atoms with E-state index >= 15 is 0 Å². The average molecular weight is 285 g/mol. The largest absolute Gasteiger partial charge is 0.481 e. The second kappa shape index (κ2) is 8.44. The molecule has 1 aromatic rings. The number of hydrogen-bond donors (Lipinski definition) is 2. The molecule has 0 spiro atoms. The van der Waals surface area contributed by atoms with E-state index in [1.54, 1.807) is 0 Å². The number of carbonyl (C=O) groups is 1. The van der Waals surface area contributed by atoms with Crippen LogP contribution in [0.25, 0.3) is 0 Å². The van der Waals surface area contributed by atoms with Crippen molar-refractivity contribution in [1.29, 1.82) is 0 Å². The molecule has 0 aromatic carbocycles. The Hall–Kier alpha value is -1.67. The molecule has 0 amide bonds. The van der Waals surface area contributed by atoms with Gasteiger partial charge < -0.3 is 5.11 Å². The van der Waals surface area contributed by atoms with Gasteiger partial charge in [-0.2, -0.15) is 0 Å². The lowest BCUT2D eigenvalue weighted by Crippen LogP contribution is -2.07. The standard InChI is InChI=1S/C11H15N3O4S/c15-10(16)6-2-1-3-8-13-19-11-9(14(17)18)5-4-7-12-11/h4-5,7,13H,1-3,6,8H2,(H,15,16). The first-order chi connectivity index (χ1) is 9.11. The monoisotopic (exact) mass is 285 g/mol. The Morgan fingerprint density at radius 1 is 1.47 bits per heavy atom. The maximum Gasteiger partial charge on any atom is 0.303 e. The molecule has 0 unspecified atom stereocenters. The number of nitro groups is 1. The van der Waals surface area contributed by atoms with Gasteiger partial charge in [-0.3, -0.25) is 19.6 Å². The summed E-state index contributed by atoms with van der Waals surface area (Å²) in [5, 5.41) is 19.5. The zero-order chi connectivity index (χ0) is 14.1. The maximum absolute atomic E-state index is 10.7. The summed E-state index contributed by atoms with van der Waals surface area (Å²) >= 11 is 1.12. The van der Waals surface area contributed by atoms with Crippen LogP contribution in [0.3, 0.4) is 0 Å². The first kappa shape index (κ1) is 15.4. The highest BCUT2D eigenvalue weighted by Crippen LogP contribution is 2.23. The maximum atomic E-state index is 10.7. The Kier molecular flexibility index (Phi) is 6.83. The third-order valence-corrected chi connectivity index (χ3v) is 3.14. The van der Waals surface area contributed by atoms with Gasteiger partial charge in [0.05, 0.1) is 4.92 Å². The molecule has 19 heavy (non-hydrogen) atoms. The fourth-order valence-corrected chi connectivity index (χ4v) is 2.11. The second-order valence-electron chi connectivity index (χ2n) is 3.79. The number of nitrogens with one attached hydrogen (secondary N) is 1. The van der Waals surface area contributed by atoms with Crippen LogP contribution in [0, 0.1) is 10.1 Å². The Balaban J connectivity index is 2.23. The van der Waals surface area contributed by atoms with E-state index in [9.17, 15) is 14.9 Å². The van der Waals surface area contributed by atoms with E-state index in [2.05, 4.69) is 9.71 Å². The van der Waals surface area contributed by atoms with Crippen LogP contribution in [0.5, 0.6) is 0 Å². The van der Waals surface area contributed by atoms with E-state index in [4.69, 9.17) is 5.11 Å². The summed E-state index contributed by atoms with van der Waals surface area (Å²) in [4.78, 5) is 24.5. The smallest absolute Gasteiger partial charge is 0.303 e. The molecule has 0 aliphatic heterocycles. The summed E-state index contributed by atoms with van der Waals surface area (Å²) in [5.41, 5.74) is -0.0223. The number of nitrogens with zero attached hydrogens (tertiary/aromatic N) is 2. The third kappa shape index (κ3) is 6.16. The van der Waals surface area contributed by atoms with E-state index in [0.717, 1.165) is 24.8 Å². The van der Waals surface area contributed by atoms with Crippen molar-refractivity contribution in [2.45, 2.75) is 30.7 Å². The van der Waals surface area contributed by atoms with E-state index in [1.807, 2.05) is 0 Å². The molecule has 7 nitrogen and oxygen atoms in total. The number of pyridine rings is 1. The van der Waals surface area contributed by atoms with Crippen LogP contribution >= 0.6 is 11.9 Å². The first-order valence-corrected chi connectivity index (χ1v) is 6.64. The minimum absolute atomic E-state index is 0.0223. The molecule has 2 N–H and O–H groups in total. The van der Waals surface area contributed by atoms with Crippen LogP contribution in [0.2, 0.25) is 0 Å². The molecule has 0 atom stereocenters. The average Bonchev–Trinajstić information content (AvgIpc) is 2.37. The minimum Gasteiger partial charge on any atom is -0.481 e. The van der Waals surface area contributed by atoms with Gasteiger partial charge in [-0.05, 0) is 30.9 Å². The van der Waals surface area contributed by atoms with Crippen molar-refractivity contribution in [1.82, 2.24) is 9.71 Å². The van der Waals surface area contributed by atoms with Gasteiger partial charge in [0.25, 0.3) is 0 Å². The highest BCUT2D eigenvalue weighted by Gasteiger charge is 2.13. The third-order valence-electron chi connectivity index (χ3n) is 2.29. The molecular formula is C11H15N3O4S. The molecule has 1 heterocycles. The lowest BCUT2D eigenvalue weighted by atomic mass is 10.2. The van der Waals surface area contributed by atoms with Crippen molar-refractivity contribution in [3.8, 4) is 0 Å². The fraction of sp³-hybridized carbons (Fsp3) is 0.455. The van der Waals surface area contributed by atoms with Crippen LogP contribution in [0.4, 0.5) is 5.69 Å². The summed E-state index contributed by atoms with van der Waals surface area (Å²) in [6, 6.07) is 2.93. The molecule has 1 rings (SSSR count). The molecule has 8 heteroatoms. The summed E-state index contributed by atoms with van der Waals surface area (Å²) in [7, 11) is 0. The van der Waals surface area contributed by atoms with Crippen LogP contribution in [0.1, 0.15) is 25.7 Å². The van der Waals surface area contributed by atoms with Crippen molar-refractivity contribution in [3.05, 3.63) is 28.4 Å². The Morgan fingerprint density at radius 3 is 2.95 bits per heavy atom. The second-order valence-corrected chi connectivity index (χ2v) is 4.67. The summed E-state index contributed by atoms with van der Waals surface area (Å²) in [6.45, 7) is 0.651. The number of carboxylic acid groups (broad SMARTS) is 1. The lowest BCUT2D eigenvalue weighted by molar-refractivity contribution is -0.388. The molecule has 0 fully saturated rings. The summed E-state index contributed by atoms with van der Waals surface area (Å²) in [6.07, 6.45) is 3.96. The number of hydrogen-bond acceptors (Lipinski definition) is 6. The van der Waals surface area contributed by atoms with Crippen LogP contribution in [-0.2, 0) is 4.79 Å². The predicted octanol–water partition coefficient (Wildman–Crippen LogP) is 2.23. The minimum atomic E-state index is -0.786. The number of unbranched alkanes of at least 4 members (excludes halogenated alkanes) is 2. The molecule has 0 bridgehead atoms. The molecule has 0 saturated heterocycles. The first-order valence-electron chi connectivity index (χ1n) is 5.82. The van der Waals surface area contributed by atoms with E-state index < -0.39 is 10.9 Å². The van der Waals surface area contributed by atoms with Gasteiger partial charge in [0.1, 0.15) is 0 Å². The van der Waals surface area contributed by atoms with Gasteiger partial charge in [0.15, 0.2) is 5.03 Å². The Labute approximate surface area is 114 Å². The number of aromatic nitrogens is 1. The van der Waals surface area contributed by atoms with Crippen molar-refractivity contribution in [3.63, 3.8) is 0 Å². The van der Waals surface area contributed by atoms with Crippen LogP contribution < -0.4 is 4.72 Å². The number of aliphatic carboxylic acids is 1. The molecule has 1 aromatic heterocycles. The highest BCUT2D eigenvalue weighted by molar-refractivity contribution is 7.97. The molecule has 0 radical (unpaired) electrons. The van der Waals surface area contributed by atoms with Crippen LogP contribution in [-0.4, -0.2) is 27.5 Å². The zero-order valence-electron chi connectivity index (χ0n) is 10.2. The molecule has 104 valence electrons. The van der Waals surface area contributed by atoms with E-state index in [0.29, 0.717) is 18.0 Å². The normalized spacial score (nSPS) is 10.3. The van der Waals surface area contributed by atoms with Crippen LogP contribution in [0.15, 0.2) is 23.4 Å². The van der Waals surface area contributed by atoms with E-state index in [-0.39, 0.29) is 12.1 Å². The quantitative estimate of drug-likeness (QED) is 0.310. The molecule has 0 aliphatic rings. The number of carboxylic acids is 1. The van der Waals surface area contributed by atoms with Gasteiger partial charge in [-0.25, -0.2) is 4.98 Å². The topological polar surface area (TPSA) is 105 Å². The van der Waals surface area contributed by atoms with Crippen molar-refractivity contribution < 1.29 is 14.8 Å². The van der Waals surface area contributed by atoms with Crippen molar-refractivity contribution >= 4 is 23.6 Å². The Bertz CT molecular complexity index is 442. The zero-order valence-corrected chi connectivity index (χ0v) is 11.1. The summed E-state index contributed by atoms with van der Waals surface area (Å²) < 4.78 is 2.99. The van der Waals surface area contributed by atoms with Crippen molar-refractivity contribution in [2.24, 2.45) is 0 Å². The highest BCUT2D eigenvalue weighted by atomic mass is 32.2. The number of rotatable bonds is 9. The fourth-order valence-electron chi connectivity index (χ4n) is 1.37. The molecule has 0 saturated carbocycles. The van der Waals surface area contributed by atoms with Gasteiger partial charge in [-0.1, -0.05) is 6.42 Å². The van der Waals surface area contributed by atoms with Gasteiger partial charge >= 0.3 is 11.7 Å². The van der Waals surface area contributed by atoms with Crippen molar-refractivity contribution in [2.75, 3.05) is 6.54 Å². The van der Waals surface area contributed by atoms with Gasteiger partial charge in [0, 0.05) is 25.2 Å². The predicted molar refractivity (Wildman–Crippen MR) is 70.9 cm³/mol. The molecule has 0 aliphatic carbocycles. The Morgan fingerprint density at radius 2 is 2.26 bits per heavy atom. The van der Waals surface area contributed by atoms with Gasteiger partial charge in [-0.15, -0.1) is 0 Å². The summed E-state index contributed by atoms with van der Waals surface area (Å²) in [5.74, 6) is -0.786. The van der Waals surface area contributed by atoms with Gasteiger partial charge in [0.2, 0.25) is 0 Å².